The Bertz CT molecular complexity index is 3220. The Kier molecular flexibility index (Phi) is 19.9. The molecule has 6 aliphatic carbocycles. The second kappa shape index (κ2) is 28.2. The second-order valence-corrected chi connectivity index (χ2v) is 25.8. The van der Waals surface area contributed by atoms with Gasteiger partial charge in [-0.2, -0.15) is 10.2 Å². The van der Waals surface area contributed by atoms with Crippen LogP contribution in [0.3, 0.4) is 0 Å². The molecule has 3 N–H and O–H groups in total. The van der Waals surface area contributed by atoms with E-state index >= 15 is 0 Å². The largest absolute Gasteiger partial charge is 0.496 e. The lowest BCUT2D eigenvalue weighted by molar-refractivity contribution is -0.125. The molecule has 0 radical (unpaired) electrons. The molecule has 4 aromatic carbocycles. The lowest BCUT2D eigenvalue weighted by Gasteiger charge is -2.36. The van der Waals surface area contributed by atoms with Gasteiger partial charge in [-0.25, -0.2) is 4.79 Å². The summed E-state index contributed by atoms with van der Waals surface area (Å²) in [5.74, 6) is 4.15. The molecule has 2 aromatic heterocycles. The first-order valence-electron chi connectivity index (χ1n) is 32.3. The number of carbonyl (C=O) groups is 3. The van der Waals surface area contributed by atoms with E-state index in [9.17, 15) is 19.5 Å². The van der Waals surface area contributed by atoms with E-state index in [1.54, 1.807) is 14.2 Å². The van der Waals surface area contributed by atoms with Crippen LogP contribution in [0.15, 0.2) is 110 Å². The molecule has 15 heteroatoms. The highest BCUT2D eigenvalue weighted by atomic mass is 16.6. The zero-order chi connectivity index (χ0) is 59.7. The minimum atomic E-state index is -0.507. The summed E-state index contributed by atoms with van der Waals surface area (Å²) in [7, 11) is 3.45. The number of rotatable bonds is 19. The van der Waals surface area contributed by atoms with E-state index in [1.807, 2.05) is 12.4 Å². The number of ether oxygens (including phenoxy) is 3. The number of nitrogens with one attached hydrogen (secondary N) is 1. The van der Waals surface area contributed by atoms with Crippen LogP contribution in [0.2, 0.25) is 0 Å². The van der Waals surface area contributed by atoms with Crippen molar-refractivity contribution in [3.8, 4) is 33.8 Å². The van der Waals surface area contributed by atoms with Crippen molar-refractivity contribution in [1.82, 2.24) is 24.9 Å². The number of aryl methyl sites for hydroxylation is 2. The summed E-state index contributed by atoms with van der Waals surface area (Å²) in [5, 5.41) is 30.8. The van der Waals surface area contributed by atoms with Gasteiger partial charge in [-0.1, -0.05) is 48.5 Å². The van der Waals surface area contributed by atoms with Crippen molar-refractivity contribution < 1.29 is 38.8 Å². The summed E-state index contributed by atoms with van der Waals surface area (Å²) in [6, 6.07) is 31.1. The smallest absolute Gasteiger partial charge is 0.407 e. The van der Waals surface area contributed by atoms with E-state index < -0.39 is 6.09 Å². The Balaban J connectivity index is 0.000000180. The van der Waals surface area contributed by atoms with Gasteiger partial charge in [0.25, 0.3) is 0 Å². The monoisotopic (exact) mass is 1170 g/mol. The van der Waals surface area contributed by atoms with Crippen LogP contribution < -0.4 is 24.6 Å². The Hall–Kier alpha value is -6.97. The van der Waals surface area contributed by atoms with Gasteiger partial charge in [0.2, 0.25) is 11.8 Å². The van der Waals surface area contributed by atoms with Crippen molar-refractivity contribution >= 4 is 29.3 Å². The Morgan fingerprint density at radius 2 is 0.988 bits per heavy atom. The van der Waals surface area contributed by atoms with Gasteiger partial charge in [0, 0.05) is 66.4 Å². The molecule has 458 valence electrons. The molecular weight excluding hydrogens is 1080 g/mol. The predicted molar refractivity (Wildman–Crippen MR) is 337 cm³/mol. The summed E-state index contributed by atoms with van der Waals surface area (Å²) in [4.78, 5) is 44.5. The summed E-state index contributed by atoms with van der Waals surface area (Å²) in [5.41, 5.74) is 11.5. The van der Waals surface area contributed by atoms with Crippen molar-refractivity contribution in [3.63, 3.8) is 0 Å². The van der Waals surface area contributed by atoms with Gasteiger partial charge in [-0.05, 0) is 236 Å². The number of aliphatic hydroxyl groups is 2. The van der Waals surface area contributed by atoms with Crippen molar-refractivity contribution in [2.75, 3.05) is 50.3 Å². The topological polar surface area (TPSA) is 174 Å². The molecule has 3 amide bonds. The maximum absolute atomic E-state index is 14.3. The number of carbonyl (C=O) groups excluding carboxylic acids is 3. The number of aromatic nitrogens is 4. The minimum absolute atomic E-state index is 0.0108. The van der Waals surface area contributed by atoms with Crippen molar-refractivity contribution in [1.29, 1.82) is 0 Å². The lowest BCUT2D eigenvalue weighted by Crippen LogP contribution is -2.42. The van der Waals surface area contributed by atoms with Gasteiger partial charge in [-0.3, -0.25) is 19.0 Å². The average molecular weight is 1170 g/mol. The first-order chi connectivity index (χ1) is 41.9. The molecule has 6 fully saturated rings. The molecule has 86 heavy (non-hydrogen) atoms. The molecule has 0 spiro atoms. The molecule has 0 unspecified atom stereocenters. The molecule has 0 aliphatic heterocycles. The maximum atomic E-state index is 14.3. The van der Waals surface area contributed by atoms with E-state index in [2.05, 4.69) is 146 Å². The summed E-state index contributed by atoms with van der Waals surface area (Å²) >= 11 is 0. The number of aliphatic hydroxyl groups excluding tert-OH is 2. The van der Waals surface area contributed by atoms with Gasteiger partial charge < -0.3 is 39.5 Å². The molecule has 6 aliphatic rings. The Morgan fingerprint density at radius 1 is 0.547 bits per heavy atom. The summed E-state index contributed by atoms with van der Waals surface area (Å²) < 4.78 is 20.6. The second-order valence-electron chi connectivity index (χ2n) is 25.8. The Morgan fingerprint density at radius 3 is 1.40 bits per heavy atom. The third-order valence-electron chi connectivity index (χ3n) is 19.6. The number of hydrogen-bond donors (Lipinski definition) is 3. The van der Waals surface area contributed by atoms with Crippen LogP contribution in [-0.4, -0.2) is 100 Å². The minimum Gasteiger partial charge on any atom is -0.496 e. The van der Waals surface area contributed by atoms with E-state index in [4.69, 9.17) is 19.3 Å². The number of anilines is 2. The molecule has 0 saturated heterocycles. The molecule has 15 nitrogen and oxygen atoms in total. The van der Waals surface area contributed by atoms with Gasteiger partial charge >= 0.3 is 6.09 Å². The number of amides is 3. The van der Waals surface area contributed by atoms with Gasteiger partial charge in [0.05, 0.1) is 51.4 Å². The van der Waals surface area contributed by atoms with E-state index in [-0.39, 0.29) is 49.0 Å². The van der Waals surface area contributed by atoms with E-state index in [0.29, 0.717) is 68.0 Å². The van der Waals surface area contributed by atoms with Crippen LogP contribution in [0.5, 0.6) is 11.5 Å². The van der Waals surface area contributed by atoms with Crippen LogP contribution in [0, 0.1) is 37.5 Å². The number of benzene rings is 4. The van der Waals surface area contributed by atoms with Crippen molar-refractivity contribution in [2.45, 2.75) is 178 Å². The quantitative estimate of drug-likeness (QED) is 0.0708. The first kappa shape index (κ1) is 60.7. The fourth-order valence-corrected chi connectivity index (χ4v) is 14.1. The normalized spacial score (nSPS) is 23.9. The lowest BCUT2D eigenvalue weighted by atomic mass is 9.78. The van der Waals surface area contributed by atoms with Gasteiger partial charge in [-0.15, -0.1) is 0 Å². The van der Waals surface area contributed by atoms with Crippen LogP contribution in [0.4, 0.5) is 16.2 Å². The van der Waals surface area contributed by atoms with Gasteiger partial charge in [0.15, 0.2) is 0 Å². The summed E-state index contributed by atoms with van der Waals surface area (Å²) in [6.45, 7) is 5.73. The number of methoxy groups -OCH3 is 2. The highest BCUT2D eigenvalue weighted by molar-refractivity contribution is 5.96. The molecule has 12 rings (SSSR count). The molecule has 0 bridgehead atoms. The van der Waals surface area contributed by atoms with Crippen LogP contribution >= 0.6 is 0 Å². The van der Waals surface area contributed by atoms with Crippen LogP contribution in [-0.2, 0) is 14.3 Å². The highest BCUT2D eigenvalue weighted by Gasteiger charge is 2.36. The summed E-state index contributed by atoms with van der Waals surface area (Å²) in [6.07, 6.45) is 26.6. The fourth-order valence-electron chi connectivity index (χ4n) is 14.1. The SMILES string of the molecule is COc1ccc(C2CCC(CN(C(=O)C3CCC(O)CC3)c3cccc(-c4cnn(C5CC5)c4)c3)CC2)cc1C.COc1ccc(C2CCC(CN(C(=O)C3CCC(OC(=O)NCCO)CC3)c3cccc(-c4cnn(C5CC5)c4)c3)CC2)cc1C. The van der Waals surface area contributed by atoms with Crippen molar-refractivity contribution in [3.05, 3.63) is 132 Å². The predicted octanol–water partition coefficient (Wildman–Crippen LogP) is 13.8. The zero-order valence-corrected chi connectivity index (χ0v) is 51.2. The highest BCUT2D eigenvalue weighted by Crippen LogP contribution is 2.43. The van der Waals surface area contributed by atoms with E-state index in [1.165, 1.54) is 47.9 Å². The molecule has 0 atom stereocenters. The zero-order valence-electron chi connectivity index (χ0n) is 51.2. The fraction of sp³-hybridized carbons (Fsp3) is 0.535. The van der Waals surface area contributed by atoms with Crippen LogP contribution in [0.1, 0.15) is 175 Å². The van der Waals surface area contributed by atoms with E-state index in [0.717, 1.165) is 129 Å². The molecule has 6 saturated carbocycles. The Labute approximate surface area is 508 Å². The van der Waals surface area contributed by atoms with Crippen LogP contribution in [0.25, 0.3) is 22.3 Å². The number of alkyl carbamates (subject to hydrolysis) is 1. The average Bonchev–Trinajstić information content (AvgIpc) is 3.60. The first-order valence-corrected chi connectivity index (χ1v) is 32.3. The third kappa shape index (κ3) is 15.2. The maximum Gasteiger partial charge on any atom is 0.407 e. The molecule has 6 aromatic rings. The molecular formula is C71H91N7O8. The molecule has 2 heterocycles. The number of nitrogens with zero attached hydrogens (tertiary/aromatic N) is 6. The standard InChI is InChI=1S/C37H48N4O5.C34H43N3O3/c1-25-20-30(12-17-35(25)45-2)27-8-6-26(7-9-27)23-40(36(43)28-10-15-34(16-11-28)46-37(44)38-18-19-42)33-5-3-4-29(21-33)31-22-39-41(24-31)32-13-14-32;1-23-18-28(12-17-33(23)40-2)25-8-6-24(7-9-25)21-36(34(39)26-10-15-32(38)16-11-26)31-5-3-4-27(19-31)29-20-35-37(22-29)30-13-14-30/h3-5,12,17,20-22,24,26-28,32,34,42H,6-11,13-16,18-19,23H2,1-2H3,(H,38,44);3-5,12,17-20,22,24-26,30,32,38H,6-11,13-16,21H2,1-2H3. The third-order valence-corrected chi connectivity index (χ3v) is 19.6. The van der Waals surface area contributed by atoms with Gasteiger partial charge in [0.1, 0.15) is 17.6 Å². The van der Waals surface area contributed by atoms with Crippen molar-refractivity contribution in [2.24, 2.45) is 23.7 Å². The number of hydrogen-bond acceptors (Lipinski definition) is 10.